The third-order valence-electron chi connectivity index (χ3n) is 2.60. The highest BCUT2D eigenvalue weighted by atomic mass is 32.2. The summed E-state index contributed by atoms with van der Waals surface area (Å²) in [5.41, 5.74) is 1.73. The Hall–Kier alpha value is -0.870. The maximum Gasteiger partial charge on any atom is 0.241 e. The van der Waals surface area contributed by atoms with E-state index in [0.717, 1.165) is 17.5 Å². The smallest absolute Gasteiger partial charge is 0.208 e. The minimum absolute atomic E-state index is 0.0371. The van der Waals surface area contributed by atoms with Crippen molar-refractivity contribution in [2.24, 2.45) is 0 Å². The van der Waals surface area contributed by atoms with Crippen LogP contribution in [0.25, 0.3) is 0 Å². The zero-order valence-electron chi connectivity index (χ0n) is 10.2. The molecule has 1 aromatic carbocycles. The van der Waals surface area contributed by atoms with Crippen molar-refractivity contribution < 1.29 is 8.42 Å². The van der Waals surface area contributed by atoms with Crippen LogP contribution in [0.1, 0.15) is 31.4 Å². The molecule has 0 aliphatic carbocycles. The molecule has 1 unspecified atom stereocenters. The lowest BCUT2D eigenvalue weighted by Crippen LogP contribution is -2.32. The van der Waals surface area contributed by atoms with Gasteiger partial charge in [0.2, 0.25) is 10.0 Å². The van der Waals surface area contributed by atoms with Gasteiger partial charge in [-0.1, -0.05) is 19.1 Å². The number of nitrogens with one attached hydrogen (secondary N) is 1. The van der Waals surface area contributed by atoms with Crippen molar-refractivity contribution in [2.45, 2.75) is 45.1 Å². The predicted molar refractivity (Wildman–Crippen MR) is 66.0 cm³/mol. The summed E-state index contributed by atoms with van der Waals surface area (Å²) >= 11 is 0. The van der Waals surface area contributed by atoms with Crippen LogP contribution in [0.5, 0.6) is 0 Å². The van der Waals surface area contributed by atoms with Crippen molar-refractivity contribution in [3.05, 3.63) is 29.3 Å². The van der Waals surface area contributed by atoms with E-state index in [1.54, 1.807) is 6.07 Å². The zero-order valence-corrected chi connectivity index (χ0v) is 11.1. The topological polar surface area (TPSA) is 46.2 Å². The Morgan fingerprint density at radius 3 is 2.50 bits per heavy atom. The van der Waals surface area contributed by atoms with Crippen LogP contribution in [0.2, 0.25) is 0 Å². The van der Waals surface area contributed by atoms with Gasteiger partial charge in [-0.2, -0.15) is 0 Å². The van der Waals surface area contributed by atoms with Crippen molar-refractivity contribution in [2.75, 3.05) is 0 Å². The number of sulfonamides is 1. The maximum atomic E-state index is 12.1. The lowest BCUT2D eigenvalue weighted by molar-refractivity contribution is 0.555. The van der Waals surface area contributed by atoms with Gasteiger partial charge in [0.15, 0.2) is 0 Å². The van der Waals surface area contributed by atoms with Crippen molar-refractivity contribution in [3.63, 3.8) is 0 Å². The Bertz CT molecular complexity index is 466. The third kappa shape index (κ3) is 3.06. The van der Waals surface area contributed by atoms with Crippen LogP contribution in [0.15, 0.2) is 23.1 Å². The van der Waals surface area contributed by atoms with Crippen molar-refractivity contribution in [3.8, 4) is 0 Å². The third-order valence-corrected chi connectivity index (χ3v) is 4.33. The molecule has 90 valence electrons. The summed E-state index contributed by atoms with van der Waals surface area (Å²) in [7, 11) is -3.37. The summed E-state index contributed by atoms with van der Waals surface area (Å²) in [5.74, 6) is 0. The number of benzene rings is 1. The molecule has 0 spiro atoms. The molecule has 3 nitrogen and oxygen atoms in total. The van der Waals surface area contributed by atoms with E-state index < -0.39 is 10.0 Å². The molecule has 4 heteroatoms. The Balaban J connectivity index is 3.12. The Kier molecular flexibility index (Phi) is 4.10. The largest absolute Gasteiger partial charge is 0.241 e. The number of hydrogen-bond acceptors (Lipinski definition) is 2. The number of rotatable bonds is 4. The lowest BCUT2D eigenvalue weighted by Gasteiger charge is -2.14. The van der Waals surface area contributed by atoms with E-state index in [9.17, 15) is 8.42 Å². The van der Waals surface area contributed by atoms with Gasteiger partial charge >= 0.3 is 0 Å². The second-order valence-corrected chi connectivity index (χ2v) is 5.88. The Morgan fingerprint density at radius 1 is 1.31 bits per heavy atom. The van der Waals surface area contributed by atoms with E-state index in [2.05, 4.69) is 4.72 Å². The van der Waals surface area contributed by atoms with E-state index in [1.807, 2.05) is 39.8 Å². The second kappa shape index (κ2) is 4.97. The SMILES string of the molecule is CCC(C)NS(=O)(=O)c1cc(C)ccc1C. The molecule has 0 heterocycles. The minimum Gasteiger partial charge on any atom is -0.208 e. The molecular formula is C12H19NO2S. The molecule has 0 saturated heterocycles. The van der Waals surface area contributed by atoms with Gasteiger partial charge in [0.1, 0.15) is 0 Å². The van der Waals surface area contributed by atoms with Crippen LogP contribution in [-0.2, 0) is 10.0 Å². The van der Waals surface area contributed by atoms with Gasteiger partial charge in [-0.3, -0.25) is 0 Å². The first kappa shape index (κ1) is 13.2. The van der Waals surface area contributed by atoms with Gasteiger partial charge in [0.25, 0.3) is 0 Å². The molecule has 0 aliphatic rings. The van der Waals surface area contributed by atoms with Gasteiger partial charge in [0.05, 0.1) is 4.90 Å². The normalized spacial score (nSPS) is 13.8. The zero-order chi connectivity index (χ0) is 12.3. The standard InChI is InChI=1S/C12H19NO2S/c1-5-11(4)13-16(14,15)12-8-9(2)6-7-10(12)3/h6-8,11,13H,5H2,1-4H3. The molecule has 0 aromatic heterocycles. The number of hydrogen-bond donors (Lipinski definition) is 1. The summed E-state index contributed by atoms with van der Waals surface area (Å²) in [5, 5.41) is 0. The van der Waals surface area contributed by atoms with Crippen LogP contribution in [0.3, 0.4) is 0 Å². The van der Waals surface area contributed by atoms with E-state index in [4.69, 9.17) is 0 Å². The molecule has 1 rings (SSSR count). The Labute approximate surface area is 97.9 Å². The highest BCUT2D eigenvalue weighted by molar-refractivity contribution is 7.89. The molecule has 16 heavy (non-hydrogen) atoms. The highest BCUT2D eigenvalue weighted by Gasteiger charge is 2.18. The summed E-state index contributed by atoms with van der Waals surface area (Å²) in [6.45, 7) is 7.52. The molecule has 0 radical (unpaired) electrons. The summed E-state index contributed by atoms with van der Waals surface area (Å²) in [4.78, 5) is 0.382. The fourth-order valence-electron chi connectivity index (χ4n) is 1.41. The molecule has 0 aliphatic heterocycles. The van der Waals surface area contributed by atoms with Gasteiger partial charge in [-0.15, -0.1) is 0 Å². The molecule has 0 amide bonds. The van der Waals surface area contributed by atoms with Crippen molar-refractivity contribution >= 4 is 10.0 Å². The van der Waals surface area contributed by atoms with E-state index in [1.165, 1.54) is 0 Å². The molecular weight excluding hydrogens is 222 g/mol. The van der Waals surface area contributed by atoms with Gasteiger partial charge in [-0.05, 0) is 44.4 Å². The van der Waals surface area contributed by atoms with Crippen LogP contribution in [0.4, 0.5) is 0 Å². The monoisotopic (exact) mass is 241 g/mol. The quantitative estimate of drug-likeness (QED) is 0.879. The maximum absolute atomic E-state index is 12.1. The molecule has 0 bridgehead atoms. The summed E-state index contributed by atoms with van der Waals surface area (Å²) < 4.78 is 26.8. The lowest BCUT2D eigenvalue weighted by atomic mass is 10.2. The minimum atomic E-state index is -3.37. The van der Waals surface area contributed by atoms with Crippen molar-refractivity contribution in [1.29, 1.82) is 0 Å². The molecule has 1 atom stereocenters. The fourth-order valence-corrected chi connectivity index (χ4v) is 3.06. The van der Waals surface area contributed by atoms with Crippen LogP contribution in [-0.4, -0.2) is 14.5 Å². The van der Waals surface area contributed by atoms with E-state index in [-0.39, 0.29) is 6.04 Å². The first-order valence-corrected chi connectivity index (χ1v) is 6.94. The average Bonchev–Trinajstić information content (AvgIpc) is 2.20. The number of aryl methyl sites for hydroxylation is 2. The molecule has 1 N–H and O–H groups in total. The summed E-state index contributed by atoms with van der Waals surface area (Å²) in [6, 6.07) is 5.42. The fraction of sp³-hybridized carbons (Fsp3) is 0.500. The van der Waals surface area contributed by atoms with Gasteiger partial charge in [-0.25, -0.2) is 13.1 Å². The first-order valence-electron chi connectivity index (χ1n) is 5.46. The first-order chi connectivity index (χ1) is 7.36. The predicted octanol–water partition coefficient (Wildman–Crippen LogP) is 2.38. The summed E-state index contributed by atoms with van der Waals surface area (Å²) in [6.07, 6.45) is 0.782. The molecule has 0 fully saturated rings. The average molecular weight is 241 g/mol. The van der Waals surface area contributed by atoms with Gasteiger partial charge < -0.3 is 0 Å². The molecule has 0 saturated carbocycles. The Morgan fingerprint density at radius 2 is 1.94 bits per heavy atom. The molecule has 1 aromatic rings. The van der Waals surface area contributed by atoms with Crippen LogP contribution in [0, 0.1) is 13.8 Å². The van der Waals surface area contributed by atoms with Crippen LogP contribution < -0.4 is 4.72 Å². The van der Waals surface area contributed by atoms with E-state index in [0.29, 0.717) is 4.90 Å². The van der Waals surface area contributed by atoms with Crippen LogP contribution >= 0.6 is 0 Å². The highest BCUT2D eigenvalue weighted by Crippen LogP contribution is 2.17. The van der Waals surface area contributed by atoms with Gasteiger partial charge in [0, 0.05) is 6.04 Å². The second-order valence-electron chi connectivity index (χ2n) is 4.20. The van der Waals surface area contributed by atoms with Crippen molar-refractivity contribution in [1.82, 2.24) is 4.72 Å². The van der Waals surface area contributed by atoms with E-state index >= 15 is 0 Å².